The predicted molar refractivity (Wildman–Crippen MR) is 85.2 cm³/mol. The fourth-order valence-corrected chi connectivity index (χ4v) is 3.22. The summed E-state index contributed by atoms with van der Waals surface area (Å²) in [7, 11) is 0. The molecular formula is C17H22N2S. The summed E-state index contributed by atoms with van der Waals surface area (Å²) in [5, 5.41) is 5.86. The topological polar surface area (TPSA) is 24.9 Å². The SMILES string of the molecule is Cc1cccc(CC(CNC2CC2)Cc2cscn2)c1. The number of nitrogens with one attached hydrogen (secondary N) is 1. The Kier molecular flexibility index (Phi) is 4.48. The Balaban J connectivity index is 1.63. The van der Waals surface area contributed by atoms with Gasteiger partial charge >= 0.3 is 0 Å². The molecule has 1 unspecified atom stereocenters. The third kappa shape index (κ3) is 4.15. The molecule has 106 valence electrons. The van der Waals surface area contributed by atoms with Gasteiger partial charge in [-0.3, -0.25) is 0 Å². The van der Waals surface area contributed by atoms with Crippen LogP contribution in [0.15, 0.2) is 35.2 Å². The zero-order valence-electron chi connectivity index (χ0n) is 12.0. The van der Waals surface area contributed by atoms with Crippen LogP contribution >= 0.6 is 11.3 Å². The van der Waals surface area contributed by atoms with Gasteiger partial charge in [0.2, 0.25) is 0 Å². The van der Waals surface area contributed by atoms with Crippen molar-refractivity contribution in [3.8, 4) is 0 Å². The third-order valence-electron chi connectivity index (χ3n) is 3.86. The smallest absolute Gasteiger partial charge is 0.0794 e. The van der Waals surface area contributed by atoms with E-state index in [0.717, 1.165) is 25.4 Å². The Morgan fingerprint density at radius 2 is 2.25 bits per heavy atom. The van der Waals surface area contributed by atoms with Gasteiger partial charge in [-0.15, -0.1) is 11.3 Å². The van der Waals surface area contributed by atoms with Gasteiger partial charge in [0.15, 0.2) is 0 Å². The number of benzene rings is 1. The fourth-order valence-electron chi connectivity index (χ4n) is 2.64. The summed E-state index contributed by atoms with van der Waals surface area (Å²) in [4.78, 5) is 4.45. The summed E-state index contributed by atoms with van der Waals surface area (Å²) in [6.07, 6.45) is 4.93. The fraction of sp³-hybridized carbons (Fsp3) is 0.471. The molecule has 1 heterocycles. The summed E-state index contributed by atoms with van der Waals surface area (Å²) >= 11 is 1.70. The number of aryl methyl sites for hydroxylation is 1. The molecule has 2 aromatic rings. The van der Waals surface area contributed by atoms with Crippen LogP contribution in [0.2, 0.25) is 0 Å². The van der Waals surface area contributed by atoms with Gasteiger partial charge in [-0.25, -0.2) is 4.98 Å². The molecule has 0 aliphatic heterocycles. The molecule has 1 saturated carbocycles. The lowest BCUT2D eigenvalue weighted by Gasteiger charge is -2.17. The van der Waals surface area contributed by atoms with Gasteiger partial charge in [-0.2, -0.15) is 0 Å². The van der Waals surface area contributed by atoms with E-state index in [2.05, 4.69) is 46.9 Å². The van der Waals surface area contributed by atoms with Crippen molar-refractivity contribution in [2.24, 2.45) is 5.92 Å². The Morgan fingerprint density at radius 1 is 1.35 bits per heavy atom. The zero-order valence-corrected chi connectivity index (χ0v) is 12.8. The van der Waals surface area contributed by atoms with Crippen molar-refractivity contribution < 1.29 is 0 Å². The minimum Gasteiger partial charge on any atom is -0.314 e. The van der Waals surface area contributed by atoms with Crippen LogP contribution in [0.1, 0.15) is 29.7 Å². The maximum atomic E-state index is 4.45. The minimum atomic E-state index is 0.638. The zero-order chi connectivity index (χ0) is 13.8. The molecule has 2 nitrogen and oxygen atoms in total. The predicted octanol–water partition coefficient (Wildman–Crippen LogP) is 3.60. The Bertz CT molecular complexity index is 532. The highest BCUT2D eigenvalue weighted by Crippen LogP contribution is 2.21. The second-order valence-corrected chi connectivity index (χ2v) is 6.64. The molecule has 3 rings (SSSR count). The maximum Gasteiger partial charge on any atom is 0.0794 e. The number of thiazole rings is 1. The van der Waals surface area contributed by atoms with E-state index in [1.54, 1.807) is 11.3 Å². The van der Waals surface area contributed by atoms with Gasteiger partial charge in [0.1, 0.15) is 0 Å². The van der Waals surface area contributed by atoms with E-state index in [-0.39, 0.29) is 0 Å². The first kappa shape index (κ1) is 13.8. The standard InChI is InChI=1S/C17H22N2S/c1-13-3-2-4-14(7-13)8-15(10-18-16-5-6-16)9-17-11-20-12-19-17/h2-4,7,11-12,15-16,18H,5-6,8-10H2,1H3. The maximum absolute atomic E-state index is 4.45. The van der Waals surface area contributed by atoms with Crippen LogP contribution in [0.3, 0.4) is 0 Å². The van der Waals surface area contributed by atoms with Crippen molar-refractivity contribution in [1.82, 2.24) is 10.3 Å². The molecule has 0 spiro atoms. The van der Waals surface area contributed by atoms with Crippen molar-refractivity contribution >= 4 is 11.3 Å². The number of aromatic nitrogens is 1. The van der Waals surface area contributed by atoms with E-state index in [1.165, 1.54) is 29.7 Å². The van der Waals surface area contributed by atoms with Gasteiger partial charge in [-0.1, -0.05) is 29.8 Å². The van der Waals surface area contributed by atoms with Crippen molar-refractivity contribution in [2.45, 2.75) is 38.6 Å². The van der Waals surface area contributed by atoms with Gasteiger partial charge < -0.3 is 5.32 Å². The summed E-state index contributed by atoms with van der Waals surface area (Å²) in [5.41, 5.74) is 5.98. The monoisotopic (exact) mass is 286 g/mol. The Labute approximate surface area is 125 Å². The van der Waals surface area contributed by atoms with Crippen LogP contribution in [0.5, 0.6) is 0 Å². The van der Waals surface area contributed by atoms with Gasteiger partial charge in [-0.05, 0) is 50.6 Å². The molecule has 1 aliphatic rings. The van der Waals surface area contributed by atoms with Gasteiger partial charge in [0.05, 0.1) is 11.2 Å². The number of nitrogens with zero attached hydrogens (tertiary/aromatic N) is 1. The van der Waals surface area contributed by atoms with Gasteiger partial charge in [0.25, 0.3) is 0 Å². The molecule has 1 fully saturated rings. The van der Waals surface area contributed by atoms with Crippen LogP contribution in [0.4, 0.5) is 0 Å². The summed E-state index contributed by atoms with van der Waals surface area (Å²) in [6.45, 7) is 3.28. The molecule has 1 aliphatic carbocycles. The highest BCUT2D eigenvalue weighted by Gasteiger charge is 2.22. The van der Waals surface area contributed by atoms with E-state index >= 15 is 0 Å². The lowest BCUT2D eigenvalue weighted by atomic mass is 9.94. The summed E-state index contributed by atoms with van der Waals surface area (Å²) in [6, 6.07) is 9.68. The quantitative estimate of drug-likeness (QED) is 0.841. The van der Waals surface area contributed by atoms with Crippen molar-refractivity contribution in [2.75, 3.05) is 6.54 Å². The summed E-state index contributed by atoms with van der Waals surface area (Å²) in [5.74, 6) is 0.638. The third-order valence-corrected chi connectivity index (χ3v) is 4.50. The molecule has 1 aromatic heterocycles. The largest absolute Gasteiger partial charge is 0.314 e. The van der Waals surface area contributed by atoms with Crippen LogP contribution in [-0.4, -0.2) is 17.6 Å². The number of rotatable bonds is 7. The van der Waals surface area contributed by atoms with Crippen molar-refractivity contribution in [1.29, 1.82) is 0 Å². The second kappa shape index (κ2) is 6.51. The Hall–Kier alpha value is -1.19. The van der Waals surface area contributed by atoms with Crippen LogP contribution in [0.25, 0.3) is 0 Å². The van der Waals surface area contributed by atoms with Crippen LogP contribution in [-0.2, 0) is 12.8 Å². The number of hydrogen-bond acceptors (Lipinski definition) is 3. The van der Waals surface area contributed by atoms with Crippen molar-refractivity contribution in [3.63, 3.8) is 0 Å². The molecule has 0 amide bonds. The van der Waals surface area contributed by atoms with E-state index in [4.69, 9.17) is 0 Å². The first-order valence-electron chi connectivity index (χ1n) is 7.45. The number of hydrogen-bond donors (Lipinski definition) is 1. The molecule has 0 saturated heterocycles. The first-order valence-corrected chi connectivity index (χ1v) is 8.40. The highest BCUT2D eigenvalue weighted by atomic mass is 32.1. The van der Waals surface area contributed by atoms with E-state index < -0.39 is 0 Å². The highest BCUT2D eigenvalue weighted by molar-refractivity contribution is 7.07. The van der Waals surface area contributed by atoms with E-state index in [1.807, 2.05) is 5.51 Å². The average Bonchev–Trinajstić information content (AvgIpc) is 3.12. The summed E-state index contributed by atoms with van der Waals surface area (Å²) < 4.78 is 0. The molecule has 3 heteroatoms. The normalized spacial score (nSPS) is 16.2. The second-order valence-electron chi connectivity index (χ2n) is 5.93. The minimum absolute atomic E-state index is 0.638. The van der Waals surface area contributed by atoms with Gasteiger partial charge in [0, 0.05) is 11.4 Å². The van der Waals surface area contributed by atoms with E-state index in [0.29, 0.717) is 5.92 Å². The first-order chi connectivity index (χ1) is 9.79. The lowest BCUT2D eigenvalue weighted by molar-refractivity contribution is 0.465. The molecular weight excluding hydrogens is 264 g/mol. The Morgan fingerprint density at radius 3 is 2.95 bits per heavy atom. The molecule has 1 aromatic carbocycles. The molecule has 0 bridgehead atoms. The van der Waals surface area contributed by atoms with E-state index in [9.17, 15) is 0 Å². The molecule has 20 heavy (non-hydrogen) atoms. The molecule has 1 atom stereocenters. The van der Waals surface area contributed by atoms with Crippen molar-refractivity contribution in [3.05, 3.63) is 52.0 Å². The lowest BCUT2D eigenvalue weighted by Crippen LogP contribution is -2.27. The average molecular weight is 286 g/mol. The van der Waals surface area contributed by atoms with Crippen LogP contribution in [0, 0.1) is 12.8 Å². The molecule has 1 N–H and O–H groups in total. The van der Waals surface area contributed by atoms with Crippen LogP contribution < -0.4 is 5.32 Å². The molecule has 0 radical (unpaired) electrons.